The van der Waals surface area contributed by atoms with Crippen LogP contribution < -0.4 is 4.74 Å². The van der Waals surface area contributed by atoms with Crippen molar-refractivity contribution in [3.8, 4) is 16.9 Å². The van der Waals surface area contributed by atoms with Crippen LogP contribution in [0.4, 0.5) is 0 Å². The van der Waals surface area contributed by atoms with Crippen LogP contribution in [-0.4, -0.2) is 52.6 Å². The van der Waals surface area contributed by atoms with Crippen molar-refractivity contribution in [3.05, 3.63) is 84.2 Å². The second-order valence-electron chi connectivity index (χ2n) is 9.90. The van der Waals surface area contributed by atoms with Crippen LogP contribution in [0, 0.1) is 11.3 Å². The summed E-state index contributed by atoms with van der Waals surface area (Å²) < 4.78 is 5.30. The molecular weight excluding hydrogens is 452 g/mol. The van der Waals surface area contributed by atoms with Crippen molar-refractivity contribution in [1.29, 1.82) is 5.41 Å². The van der Waals surface area contributed by atoms with Crippen LogP contribution in [0.3, 0.4) is 0 Å². The van der Waals surface area contributed by atoms with Gasteiger partial charge in [-0.2, -0.15) is 0 Å². The minimum atomic E-state index is -0.828. The maximum atomic E-state index is 13.7. The summed E-state index contributed by atoms with van der Waals surface area (Å²) in [5.74, 6) is 1.01. The van der Waals surface area contributed by atoms with Crippen LogP contribution in [0.2, 0.25) is 0 Å². The van der Waals surface area contributed by atoms with Gasteiger partial charge in [0.2, 0.25) is 11.8 Å². The number of hydrogen-bond acceptors (Lipinski definition) is 5. The fourth-order valence-electron chi connectivity index (χ4n) is 5.27. The quantitative estimate of drug-likeness (QED) is 0.545. The number of likely N-dealkylation sites (tertiary alicyclic amines) is 2. The van der Waals surface area contributed by atoms with Gasteiger partial charge in [0.05, 0.1) is 18.7 Å². The van der Waals surface area contributed by atoms with Crippen LogP contribution in [0.1, 0.15) is 30.9 Å². The number of nitrogens with zero attached hydrogens (tertiary/aromatic N) is 3. The minimum Gasteiger partial charge on any atom is -0.495 e. The van der Waals surface area contributed by atoms with Crippen molar-refractivity contribution in [1.82, 2.24) is 14.8 Å². The van der Waals surface area contributed by atoms with Crippen LogP contribution in [0.5, 0.6) is 5.75 Å². The number of aromatic nitrogens is 1. The number of amidine groups is 1. The summed E-state index contributed by atoms with van der Waals surface area (Å²) in [6.45, 7) is 3.48. The first kappa shape index (κ1) is 23.7. The molecule has 2 amide bonds. The van der Waals surface area contributed by atoms with Crippen LogP contribution in [0.15, 0.2) is 73.1 Å². The fourth-order valence-corrected chi connectivity index (χ4v) is 5.27. The molecule has 3 heterocycles. The highest BCUT2D eigenvalue weighted by molar-refractivity contribution is 6.10. The highest BCUT2D eigenvalue weighted by atomic mass is 16.5. The Bertz CT molecular complexity index is 1310. The highest BCUT2D eigenvalue weighted by Gasteiger charge is 2.48. The zero-order valence-corrected chi connectivity index (χ0v) is 20.6. The maximum Gasteiger partial charge on any atom is 0.238 e. The Balaban J connectivity index is 1.31. The molecule has 2 aliphatic rings. The summed E-state index contributed by atoms with van der Waals surface area (Å²) in [6, 6.07) is 19.7. The van der Waals surface area contributed by atoms with Crippen molar-refractivity contribution in [3.63, 3.8) is 0 Å². The number of nitrogens with one attached hydrogen (secondary N) is 1. The van der Waals surface area contributed by atoms with Crippen molar-refractivity contribution in [2.75, 3.05) is 20.2 Å². The van der Waals surface area contributed by atoms with Gasteiger partial charge >= 0.3 is 0 Å². The van der Waals surface area contributed by atoms with Crippen LogP contribution in [0.25, 0.3) is 11.1 Å². The Morgan fingerprint density at radius 3 is 2.64 bits per heavy atom. The Morgan fingerprint density at radius 1 is 1.06 bits per heavy atom. The molecule has 0 radical (unpaired) electrons. The zero-order valence-electron chi connectivity index (χ0n) is 20.6. The van der Waals surface area contributed by atoms with E-state index in [1.54, 1.807) is 24.4 Å². The SMILES string of the molecule is COc1cncc(-c2cccc(C3(C)CC(=N)N(CC4CC(=O)N(Cc5ccccc5)C4)C3=O)c2)c1. The van der Waals surface area contributed by atoms with E-state index in [4.69, 9.17) is 10.1 Å². The second kappa shape index (κ2) is 9.57. The van der Waals surface area contributed by atoms with E-state index in [1.165, 1.54) is 0 Å². The van der Waals surface area contributed by atoms with E-state index >= 15 is 0 Å². The average molecular weight is 483 g/mol. The molecule has 2 atom stereocenters. The molecule has 36 heavy (non-hydrogen) atoms. The molecule has 0 saturated carbocycles. The van der Waals surface area contributed by atoms with E-state index in [0.29, 0.717) is 44.1 Å². The molecule has 7 heteroatoms. The number of carbonyl (C=O) groups is 2. The average Bonchev–Trinajstić information content (AvgIpc) is 3.35. The monoisotopic (exact) mass is 482 g/mol. The first-order valence-electron chi connectivity index (χ1n) is 12.2. The predicted octanol–water partition coefficient (Wildman–Crippen LogP) is 4.27. The smallest absolute Gasteiger partial charge is 0.238 e. The molecule has 0 spiro atoms. The van der Waals surface area contributed by atoms with Gasteiger partial charge in [-0.05, 0) is 29.7 Å². The first-order valence-corrected chi connectivity index (χ1v) is 12.2. The molecular formula is C29H30N4O3. The Labute approximate surface area is 211 Å². The molecule has 5 rings (SSSR count). The lowest BCUT2D eigenvalue weighted by atomic mass is 9.80. The lowest BCUT2D eigenvalue weighted by Crippen LogP contribution is -2.39. The Kier molecular flexibility index (Phi) is 6.31. The third-order valence-electron chi connectivity index (χ3n) is 7.30. The largest absolute Gasteiger partial charge is 0.495 e. The van der Waals surface area contributed by atoms with Gasteiger partial charge in [0.25, 0.3) is 0 Å². The van der Waals surface area contributed by atoms with Gasteiger partial charge in [0, 0.05) is 50.2 Å². The minimum absolute atomic E-state index is 0.0158. The standard InChI is InChI=1S/C29H30N4O3/c1-29(24-10-6-9-22(12-24)23-13-25(36-2)16-31-15-23)14-26(30)33(28(29)35)19-21-11-27(34)32(18-21)17-20-7-4-3-5-8-20/h3-10,12-13,15-16,21,30H,11,14,17-19H2,1-2H3. The molecule has 3 aromatic rings. The Morgan fingerprint density at radius 2 is 1.86 bits per heavy atom. The predicted molar refractivity (Wildman–Crippen MR) is 138 cm³/mol. The zero-order chi connectivity index (χ0) is 25.3. The number of carbonyl (C=O) groups excluding carboxylic acids is 2. The molecule has 2 aromatic carbocycles. The number of benzene rings is 2. The number of hydrogen-bond donors (Lipinski definition) is 1. The van der Waals surface area contributed by atoms with Crippen molar-refractivity contribution in [2.45, 2.75) is 31.7 Å². The Hall–Kier alpha value is -4.00. The summed E-state index contributed by atoms with van der Waals surface area (Å²) >= 11 is 0. The van der Waals surface area contributed by atoms with Gasteiger partial charge < -0.3 is 9.64 Å². The number of pyridine rings is 1. The number of ether oxygens (including phenoxy) is 1. The van der Waals surface area contributed by atoms with Crippen molar-refractivity contribution in [2.24, 2.45) is 5.92 Å². The fraction of sp³-hybridized carbons (Fsp3) is 0.310. The number of amides is 2. The van der Waals surface area contributed by atoms with E-state index in [0.717, 1.165) is 22.3 Å². The van der Waals surface area contributed by atoms with Gasteiger partial charge in [-0.25, -0.2) is 0 Å². The summed E-state index contributed by atoms with van der Waals surface area (Å²) in [5, 5.41) is 8.64. The molecule has 0 bridgehead atoms. The van der Waals surface area contributed by atoms with Gasteiger partial charge in [-0.3, -0.25) is 24.9 Å². The van der Waals surface area contributed by atoms with Crippen LogP contribution >= 0.6 is 0 Å². The third-order valence-corrected chi connectivity index (χ3v) is 7.30. The molecule has 1 aromatic heterocycles. The highest BCUT2D eigenvalue weighted by Crippen LogP contribution is 2.39. The van der Waals surface area contributed by atoms with Gasteiger partial charge in [-0.1, -0.05) is 54.6 Å². The van der Waals surface area contributed by atoms with E-state index in [2.05, 4.69) is 4.98 Å². The van der Waals surface area contributed by atoms with Gasteiger partial charge in [-0.15, -0.1) is 0 Å². The normalized spacial score (nSPS) is 21.9. The lowest BCUT2D eigenvalue weighted by Gasteiger charge is -2.25. The van der Waals surface area contributed by atoms with E-state index in [-0.39, 0.29) is 17.7 Å². The molecule has 7 nitrogen and oxygen atoms in total. The van der Waals surface area contributed by atoms with Crippen LogP contribution in [-0.2, 0) is 21.5 Å². The van der Waals surface area contributed by atoms with Gasteiger partial charge in [0.1, 0.15) is 11.6 Å². The molecule has 2 aliphatic heterocycles. The third kappa shape index (κ3) is 4.49. The first-order chi connectivity index (χ1) is 17.4. The molecule has 2 unspecified atom stereocenters. The molecule has 0 aliphatic carbocycles. The molecule has 184 valence electrons. The molecule has 2 fully saturated rings. The maximum absolute atomic E-state index is 13.7. The summed E-state index contributed by atoms with van der Waals surface area (Å²) in [6.07, 6.45) is 4.16. The van der Waals surface area contributed by atoms with Crippen molar-refractivity contribution >= 4 is 17.6 Å². The van der Waals surface area contributed by atoms with E-state index < -0.39 is 5.41 Å². The second-order valence-corrected chi connectivity index (χ2v) is 9.90. The van der Waals surface area contributed by atoms with E-state index in [9.17, 15) is 9.59 Å². The van der Waals surface area contributed by atoms with Gasteiger partial charge in [0.15, 0.2) is 0 Å². The topological polar surface area (TPSA) is 86.6 Å². The summed E-state index contributed by atoms with van der Waals surface area (Å²) in [5.41, 5.74) is 2.98. The van der Waals surface area contributed by atoms with Crippen molar-refractivity contribution < 1.29 is 14.3 Å². The number of methoxy groups -OCH3 is 1. The summed E-state index contributed by atoms with van der Waals surface area (Å²) in [7, 11) is 1.61. The molecule has 1 N–H and O–H groups in total. The van der Waals surface area contributed by atoms with E-state index in [1.807, 2.05) is 72.5 Å². The lowest BCUT2D eigenvalue weighted by molar-refractivity contribution is -0.131. The summed E-state index contributed by atoms with van der Waals surface area (Å²) in [4.78, 5) is 34.0. The molecule has 2 saturated heterocycles. The number of rotatable bonds is 7.